The van der Waals surface area contributed by atoms with E-state index in [-0.39, 0.29) is 31.8 Å². The second-order valence-electron chi connectivity index (χ2n) is 23.7. The first kappa shape index (κ1) is 59.8. The molecule has 5 N–H and O–H groups in total. The van der Waals surface area contributed by atoms with Gasteiger partial charge in [-0.2, -0.15) is 0 Å². The first-order chi connectivity index (χ1) is 37.0. The standard InChI is InChI=1S/C58H86O20/c1-30-47(61)52(69-11)48(62)53(73-30)78-51-33(4)72-46(28-40(51)68-10)77-50-32(3)71-45(27-39(50)67-9)76-49-31(2)70-44(26-38(49)66-8)74-37-20-21-54(6)36(25-37)19-22-57(64)41(54)29-42(75-43(60)18-17-35-15-13-12-14-16-35)55(7)56(63,34(5)59)23-24-58(55,57)65/h12-19,30-33,37-42,44-53,61-65H,20-29H2,1-11H3/t30-,31-,32-,33-,37+,38+,39+,40+,41-,42-,44+,45+,46+,47-,48-,49-,50-,51-,52+,53+,54+,55-,56-,57+,58-/m1/s1. The quantitative estimate of drug-likeness (QED) is 0.0883. The molecule has 4 saturated heterocycles. The van der Waals surface area contributed by atoms with Crippen molar-refractivity contribution in [2.45, 2.75) is 246 Å². The van der Waals surface area contributed by atoms with Gasteiger partial charge in [0.05, 0.1) is 54.2 Å². The molecule has 4 aliphatic heterocycles. The maximum Gasteiger partial charge on any atom is 0.331 e. The lowest BCUT2D eigenvalue weighted by molar-refractivity contribution is -0.356. The molecule has 0 amide bonds. The lowest BCUT2D eigenvalue weighted by atomic mass is 9.42. The van der Waals surface area contributed by atoms with E-state index >= 15 is 0 Å². The monoisotopic (exact) mass is 1100 g/mol. The highest BCUT2D eigenvalue weighted by Gasteiger charge is 2.81. The first-order valence-electron chi connectivity index (χ1n) is 28.0. The number of rotatable bonds is 16. The molecule has 3 saturated carbocycles. The Balaban J connectivity index is 0.810. The number of methoxy groups -OCH3 is 4. The minimum absolute atomic E-state index is 0.0552. The zero-order chi connectivity index (χ0) is 56.3. The number of Topliss-reactive ketones (excluding diaryl/α,β-unsaturated/α-hetero) is 1. The normalized spacial score (nSPS) is 48.6. The van der Waals surface area contributed by atoms with Crippen LogP contribution >= 0.6 is 0 Å². The van der Waals surface area contributed by atoms with E-state index in [0.717, 1.165) is 11.1 Å². The highest BCUT2D eigenvalue weighted by molar-refractivity contribution is 5.88. The maximum absolute atomic E-state index is 13.6. The molecule has 0 unspecified atom stereocenters. The minimum atomic E-state index is -2.05. The Hall–Kier alpha value is -2.84. The number of esters is 1. The van der Waals surface area contributed by atoms with Crippen molar-refractivity contribution in [1.29, 1.82) is 0 Å². The van der Waals surface area contributed by atoms with Crippen molar-refractivity contribution >= 4 is 17.8 Å². The fraction of sp³-hybridized carbons (Fsp3) is 0.793. The topological polar surface area (TPSA) is 255 Å². The number of ketones is 1. The summed E-state index contributed by atoms with van der Waals surface area (Å²) in [5, 5.41) is 59.5. The number of hydrogen-bond donors (Lipinski definition) is 5. The summed E-state index contributed by atoms with van der Waals surface area (Å²) >= 11 is 0. The Labute approximate surface area is 458 Å². The highest BCUT2D eigenvalue weighted by atomic mass is 16.8. The van der Waals surface area contributed by atoms with Crippen molar-refractivity contribution in [1.82, 2.24) is 0 Å². The van der Waals surface area contributed by atoms with Crippen molar-refractivity contribution in [2.24, 2.45) is 16.7 Å². The summed E-state index contributed by atoms with van der Waals surface area (Å²) in [6, 6.07) is 9.29. The fourth-order valence-electron chi connectivity index (χ4n) is 15.0. The number of aliphatic hydroxyl groups is 5. The molecule has 25 atom stereocenters. The molecule has 0 aromatic heterocycles. The third-order valence-electron chi connectivity index (χ3n) is 19.7. The number of carbonyl (C=O) groups is 2. The van der Waals surface area contributed by atoms with Gasteiger partial charge < -0.3 is 87.1 Å². The van der Waals surface area contributed by atoms with Gasteiger partial charge in [0, 0.05) is 59.7 Å². The second-order valence-corrected chi connectivity index (χ2v) is 23.7. The third kappa shape index (κ3) is 10.5. The molecule has 1 aromatic rings. The van der Waals surface area contributed by atoms with Gasteiger partial charge >= 0.3 is 5.97 Å². The Morgan fingerprint density at radius 2 is 1.21 bits per heavy atom. The SMILES string of the molecule is CO[C@@H]1[C@@H](O)[C@H](O[C@H]2[C@@H](OC)C[C@H](O[C@H]3[C@@H](OC)C[C@H](O[C@H]4[C@@H](OC)C[C@H](O[C@H]5CC[C@@]6(C)C(=CC[C@]7(O)[C@@H]6C[C@@H](OC(=O)C=Cc6ccccc6)[C@@]6(C)[C@]7(O)CC[C@@]6(O)C(C)=O)C5)O[C@@H]4C)O[C@@H]3C)O[C@@H]2C)O[C@H](C)[C@H]1O. The number of benzene rings is 1. The number of aliphatic hydroxyl groups excluding tert-OH is 2. The zero-order valence-corrected chi connectivity index (χ0v) is 47.1. The Bertz CT molecular complexity index is 2300. The average molecular weight is 1100 g/mol. The van der Waals surface area contributed by atoms with E-state index in [4.69, 9.17) is 61.6 Å². The molecule has 4 heterocycles. The van der Waals surface area contributed by atoms with Crippen molar-refractivity contribution in [3.8, 4) is 0 Å². The summed E-state index contributed by atoms with van der Waals surface area (Å²) in [6.45, 7) is 12.3. The second kappa shape index (κ2) is 23.4. The van der Waals surface area contributed by atoms with Crippen molar-refractivity contribution in [2.75, 3.05) is 28.4 Å². The molecule has 20 heteroatoms. The molecule has 0 bridgehead atoms. The van der Waals surface area contributed by atoms with E-state index < -0.39 is 156 Å². The van der Waals surface area contributed by atoms with Crippen LogP contribution in [0.15, 0.2) is 48.1 Å². The highest BCUT2D eigenvalue weighted by Crippen LogP contribution is 2.71. The van der Waals surface area contributed by atoms with Crippen LogP contribution < -0.4 is 0 Å². The Morgan fingerprint density at radius 3 is 1.74 bits per heavy atom. The Morgan fingerprint density at radius 1 is 0.654 bits per heavy atom. The van der Waals surface area contributed by atoms with E-state index in [1.54, 1.807) is 41.3 Å². The molecule has 0 spiro atoms. The van der Waals surface area contributed by atoms with E-state index in [9.17, 15) is 35.1 Å². The molecular formula is C58H86O20. The van der Waals surface area contributed by atoms with Crippen LogP contribution in [0.1, 0.15) is 118 Å². The average Bonchev–Trinajstić information content (AvgIpc) is 2.75. The van der Waals surface area contributed by atoms with Crippen LogP contribution in [0.25, 0.3) is 6.08 Å². The molecule has 8 aliphatic rings. The minimum Gasteiger partial charge on any atom is -0.458 e. The lowest BCUT2D eigenvalue weighted by Gasteiger charge is -2.67. The van der Waals surface area contributed by atoms with Gasteiger partial charge in [-0.15, -0.1) is 0 Å². The molecule has 0 radical (unpaired) electrons. The predicted molar refractivity (Wildman–Crippen MR) is 277 cm³/mol. The van der Waals surface area contributed by atoms with Crippen LogP contribution in [0.3, 0.4) is 0 Å². The van der Waals surface area contributed by atoms with Crippen molar-refractivity contribution < 1.29 is 96.7 Å². The summed E-state index contributed by atoms with van der Waals surface area (Å²) in [5.74, 6) is -1.82. The van der Waals surface area contributed by atoms with Crippen LogP contribution in [0, 0.1) is 16.7 Å². The van der Waals surface area contributed by atoms with Gasteiger partial charge in [-0.25, -0.2) is 4.79 Å². The van der Waals surface area contributed by atoms with Crippen molar-refractivity contribution in [3.05, 3.63) is 53.6 Å². The van der Waals surface area contributed by atoms with Crippen LogP contribution in [0.5, 0.6) is 0 Å². The van der Waals surface area contributed by atoms with Crippen LogP contribution in [-0.4, -0.2) is 199 Å². The fourth-order valence-corrected chi connectivity index (χ4v) is 15.0. The van der Waals surface area contributed by atoms with E-state index in [0.29, 0.717) is 38.5 Å². The summed E-state index contributed by atoms with van der Waals surface area (Å²) in [7, 11) is 6.24. The lowest BCUT2D eigenvalue weighted by Crippen LogP contribution is -2.78. The van der Waals surface area contributed by atoms with Gasteiger partial charge in [-0.1, -0.05) is 48.9 Å². The molecule has 4 aliphatic carbocycles. The summed E-state index contributed by atoms with van der Waals surface area (Å²) in [4.78, 5) is 27.0. The molecule has 7 fully saturated rings. The van der Waals surface area contributed by atoms with Gasteiger partial charge in [0.2, 0.25) is 0 Å². The summed E-state index contributed by atoms with van der Waals surface area (Å²) in [5.41, 5.74) is -6.29. The molecule has 9 rings (SSSR count). The molecule has 20 nitrogen and oxygen atoms in total. The first-order valence-corrected chi connectivity index (χ1v) is 28.0. The molecular weight excluding hydrogens is 1020 g/mol. The van der Waals surface area contributed by atoms with Gasteiger partial charge in [-0.05, 0) is 104 Å². The van der Waals surface area contributed by atoms with Gasteiger partial charge in [0.15, 0.2) is 30.9 Å². The predicted octanol–water partition coefficient (Wildman–Crippen LogP) is 4.21. The summed E-state index contributed by atoms with van der Waals surface area (Å²) in [6.07, 6.45) is -5.13. The van der Waals surface area contributed by atoms with Crippen LogP contribution in [0.4, 0.5) is 0 Å². The maximum atomic E-state index is 13.6. The summed E-state index contributed by atoms with van der Waals surface area (Å²) < 4.78 is 81.0. The smallest absolute Gasteiger partial charge is 0.331 e. The van der Waals surface area contributed by atoms with Crippen molar-refractivity contribution in [3.63, 3.8) is 0 Å². The molecule has 1 aromatic carbocycles. The number of ether oxygens (including phenoxy) is 13. The zero-order valence-electron chi connectivity index (χ0n) is 47.1. The number of carbonyl (C=O) groups excluding carboxylic acids is 2. The van der Waals surface area contributed by atoms with E-state index in [2.05, 4.69) is 6.92 Å². The molecule has 438 valence electrons. The molecule has 78 heavy (non-hydrogen) atoms. The van der Waals surface area contributed by atoms with Gasteiger partial charge in [-0.3, -0.25) is 4.79 Å². The van der Waals surface area contributed by atoms with Gasteiger partial charge in [0.1, 0.15) is 59.5 Å². The third-order valence-corrected chi connectivity index (χ3v) is 19.7. The Kier molecular flexibility index (Phi) is 18.0. The van der Waals surface area contributed by atoms with Crippen LogP contribution in [0.2, 0.25) is 0 Å². The van der Waals surface area contributed by atoms with E-state index in [1.807, 2.05) is 57.2 Å². The van der Waals surface area contributed by atoms with Gasteiger partial charge in [0.25, 0.3) is 0 Å². The number of fused-ring (bicyclic) bond motifs is 5. The largest absolute Gasteiger partial charge is 0.458 e. The van der Waals surface area contributed by atoms with E-state index in [1.165, 1.54) is 20.1 Å². The number of hydrogen-bond acceptors (Lipinski definition) is 20. The van der Waals surface area contributed by atoms with Crippen LogP contribution in [-0.2, 0) is 71.2 Å².